The monoisotopic (exact) mass is 359 g/mol. The molecule has 1 aromatic rings. The highest BCUT2D eigenvalue weighted by atomic mass is 79.9. The Morgan fingerprint density at radius 3 is 2.57 bits per heavy atom. The van der Waals surface area contributed by atoms with E-state index in [4.69, 9.17) is 9.47 Å². The molecule has 1 aromatic carbocycles. The van der Waals surface area contributed by atoms with Gasteiger partial charge in [0.25, 0.3) is 5.91 Å². The van der Waals surface area contributed by atoms with Gasteiger partial charge in [0.05, 0.1) is 18.7 Å². The number of rotatable bonds is 7. The first kappa shape index (κ1) is 17.5. The molecule has 0 aromatic heterocycles. The maximum Gasteiger partial charge on any atom is 0.328 e. The first-order chi connectivity index (χ1) is 10.0. The number of ether oxygens (including phenoxy) is 3. The van der Waals surface area contributed by atoms with Gasteiger partial charge in [0.15, 0.2) is 0 Å². The number of hydrogen-bond acceptors (Lipinski definition) is 5. The zero-order valence-electron chi connectivity index (χ0n) is 12.1. The average Bonchev–Trinajstić information content (AvgIpc) is 2.50. The Morgan fingerprint density at radius 2 is 2.00 bits per heavy atom. The summed E-state index contributed by atoms with van der Waals surface area (Å²) in [5.74, 6) is -0.356. The zero-order valence-corrected chi connectivity index (χ0v) is 13.7. The molecular weight excluding hydrogens is 342 g/mol. The van der Waals surface area contributed by atoms with Crippen LogP contribution in [0.1, 0.15) is 16.8 Å². The number of benzene rings is 1. The van der Waals surface area contributed by atoms with Crippen molar-refractivity contribution in [3.8, 4) is 5.75 Å². The molecular formula is C14H18BrNO5. The third-order valence-corrected chi connectivity index (χ3v) is 3.47. The number of halogens is 1. The molecule has 1 rings (SSSR count). The van der Waals surface area contributed by atoms with Gasteiger partial charge in [0, 0.05) is 25.7 Å². The molecule has 0 aliphatic rings. The summed E-state index contributed by atoms with van der Waals surface area (Å²) in [4.78, 5) is 23.8. The second kappa shape index (κ2) is 8.63. The summed E-state index contributed by atoms with van der Waals surface area (Å²) in [6.07, 6.45) is 0.336. The number of amides is 1. The minimum Gasteiger partial charge on any atom is -0.496 e. The average molecular weight is 360 g/mol. The van der Waals surface area contributed by atoms with Crippen LogP contribution in [0.15, 0.2) is 22.7 Å². The number of carbonyl (C=O) groups is 2. The fraction of sp³-hybridized carbons (Fsp3) is 0.429. The van der Waals surface area contributed by atoms with E-state index in [0.717, 1.165) is 4.47 Å². The Morgan fingerprint density at radius 1 is 1.29 bits per heavy atom. The minimum absolute atomic E-state index is 0.336. The molecule has 1 atom stereocenters. The van der Waals surface area contributed by atoms with Crippen molar-refractivity contribution in [3.05, 3.63) is 28.2 Å². The van der Waals surface area contributed by atoms with E-state index in [1.165, 1.54) is 21.3 Å². The third-order valence-electron chi connectivity index (χ3n) is 2.81. The molecule has 0 fully saturated rings. The van der Waals surface area contributed by atoms with Crippen LogP contribution in [0, 0.1) is 0 Å². The number of nitrogens with one attached hydrogen (secondary N) is 1. The third kappa shape index (κ3) is 5.02. The first-order valence-corrected chi connectivity index (χ1v) is 7.04. The van der Waals surface area contributed by atoms with E-state index in [0.29, 0.717) is 24.3 Å². The molecule has 0 bridgehead atoms. The largest absolute Gasteiger partial charge is 0.496 e. The van der Waals surface area contributed by atoms with Crippen LogP contribution in [0.5, 0.6) is 5.75 Å². The van der Waals surface area contributed by atoms with Crippen LogP contribution in [-0.4, -0.2) is 45.9 Å². The SMILES string of the molecule is COCCC(NC(=O)c1ccc(Br)c(OC)c1)C(=O)OC. The van der Waals surface area contributed by atoms with Crippen molar-refractivity contribution in [3.63, 3.8) is 0 Å². The Kier molecular flexibility index (Phi) is 7.18. The minimum atomic E-state index is -0.753. The van der Waals surface area contributed by atoms with Crippen LogP contribution in [-0.2, 0) is 14.3 Å². The predicted molar refractivity (Wildman–Crippen MR) is 80.5 cm³/mol. The summed E-state index contributed by atoms with van der Waals surface area (Å²) in [6, 6.07) is 4.17. The topological polar surface area (TPSA) is 73.9 Å². The molecule has 6 nitrogen and oxygen atoms in total. The van der Waals surface area contributed by atoms with Gasteiger partial charge in [0.2, 0.25) is 0 Å². The van der Waals surface area contributed by atoms with E-state index < -0.39 is 12.0 Å². The Bertz CT molecular complexity index is 506. The van der Waals surface area contributed by atoms with Gasteiger partial charge in [-0.3, -0.25) is 4.79 Å². The van der Waals surface area contributed by atoms with E-state index >= 15 is 0 Å². The highest BCUT2D eigenvalue weighted by Gasteiger charge is 2.22. The van der Waals surface area contributed by atoms with Gasteiger partial charge in [-0.15, -0.1) is 0 Å². The van der Waals surface area contributed by atoms with Gasteiger partial charge in [-0.25, -0.2) is 4.79 Å². The lowest BCUT2D eigenvalue weighted by Gasteiger charge is -2.16. The van der Waals surface area contributed by atoms with Gasteiger partial charge in [-0.05, 0) is 34.1 Å². The van der Waals surface area contributed by atoms with Crippen molar-refractivity contribution in [2.24, 2.45) is 0 Å². The number of methoxy groups -OCH3 is 3. The quantitative estimate of drug-likeness (QED) is 0.751. The van der Waals surface area contributed by atoms with Gasteiger partial charge >= 0.3 is 5.97 Å². The van der Waals surface area contributed by atoms with Crippen LogP contribution in [0.2, 0.25) is 0 Å². The van der Waals surface area contributed by atoms with Crippen LogP contribution in [0.3, 0.4) is 0 Å². The highest BCUT2D eigenvalue weighted by Crippen LogP contribution is 2.25. The second-order valence-electron chi connectivity index (χ2n) is 4.18. The zero-order chi connectivity index (χ0) is 15.8. The standard InChI is InChI=1S/C14H18BrNO5/c1-19-7-6-11(14(18)21-3)16-13(17)9-4-5-10(15)12(8-9)20-2/h4-5,8,11H,6-7H2,1-3H3,(H,16,17). The van der Waals surface area contributed by atoms with Crippen LogP contribution >= 0.6 is 15.9 Å². The van der Waals surface area contributed by atoms with Crippen molar-refractivity contribution < 1.29 is 23.8 Å². The summed E-state index contributed by atoms with van der Waals surface area (Å²) in [7, 11) is 4.31. The molecule has 1 N–H and O–H groups in total. The highest BCUT2D eigenvalue weighted by molar-refractivity contribution is 9.10. The smallest absolute Gasteiger partial charge is 0.328 e. The molecule has 7 heteroatoms. The summed E-state index contributed by atoms with van der Waals surface area (Å²) in [5, 5.41) is 2.63. The summed E-state index contributed by atoms with van der Waals surface area (Å²) in [6.45, 7) is 0.337. The van der Waals surface area contributed by atoms with E-state index in [9.17, 15) is 9.59 Å². The lowest BCUT2D eigenvalue weighted by Crippen LogP contribution is -2.42. The van der Waals surface area contributed by atoms with Crippen molar-refractivity contribution in [1.29, 1.82) is 0 Å². The summed E-state index contributed by atoms with van der Waals surface area (Å²) >= 11 is 3.31. The fourth-order valence-corrected chi connectivity index (χ4v) is 2.08. The van der Waals surface area contributed by atoms with E-state index in [2.05, 4.69) is 26.0 Å². The van der Waals surface area contributed by atoms with Crippen molar-refractivity contribution in [2.75, 3.05) is 27.9 Å². The molecule has 0 spiro atoms. The molecule has 0 saturated carbocycles. The molecule has 0 radical (unpaired) electrons. The lowest BCUT2D eigenvalue weighted by atomic mass is 10.1. The van der Waals surface area contributed by atoms with Crippen molar-refractivity contribution >= 4 is 27.8 Å². The molecule has 1 unspecified atom stereocenters. The van der Waals surface area contributed by atoms with Gasteiger partial charge in [0.1, 0.15) is 11.8 Å². The molecule has 21 heavy (non-hydrogen) atoms. The molecule has 0 aliphatic carbocycles. The van der Waals surface area contributed by atoms with Crippen molar-refractivity contribution in [1.82, 2.24) is 5.32 Å². The van der Waals surface area contributed by atoms with Crippen LogP contribution < -0.4 is 10.1 Å². The number of carbonyl (C=O) groups excluding carboxylic acids is 2. The Balaban J connectivity index is 2.83. The maximum atomic E-state index is 12.2. The Hall–Kier alpha value is -1.60. The molecule has 0 aliphatic heterocycles. The fourth-order valence-electron chi connectivity index (χ4n) is 1.67. The number of hydrogen-bond donors (Lipinski definition) is 1. The lowest BCUT2D eigenvalue weighted by molar-refractivity contribution is -0.143. The van der Waals surface area contributed by atoms with E-state index in [1.54, 1.807) is 18.2 Å². The molecule has 0 saturated heterocycles. The van der Waals surface area contributed by atoms with Crippen LogP contribution in [0.4, 0.5) is 0 Å². The van der Waals surface area contributed by atoms with Gasteiger partial charge in [-0.1, -0.05) is 0 Å². The predicted octanol–water partition coefficient (Wildman–Crippen LogP) is 1.77. The molecule has 1 amide bonds. The number of esters is 1. The van der Waals surface area contributed by atoms with Gasteiger partial charge < -0.3 is 19.5 Å². The normalized spacial score (nSPS) is 11.6. The molecule has 0 heterocycles. The van der Waals surface area contributed by atoms with Crippen LogP contribution in [0.25, 0.3) is 0 Å². The summed E-state index contributed by atoms with van der Waals surface area (Å²) < 4.78 is 15.5. The second-order valence-corrected chi connectivity index (χ2v) is 5.03. The van der Waals surface area contributed by atoms with E-state index in [1.807, 2.05) is 0 Å². The summed E-state index contributed by atoms with van der Waals surface area (Å²) in [5.41, 5.74) is 0.390. The Labute approximate surface area is 131 Å². The van der Waals surface area contributed by atoms with Crippen molar-refractivity contribution in [2.45, 2.75) is 12.5 Å². The maximum absolute atomic E-state index is 12.2. The van der Waals surface area contributed by atoms with E-state index in [-0.39, 0.29) is 5.91 Å². The first-order valence-electron chi connectivity index (χ1n) is 6.24. The van der Waals surface area contributed by atoms with Gasteiger partial charge in [-0.2, -0.15) is 0 Å². The molecule has 116 valence electrons.